The number of halogens is 1. The molecule has 2 heterocycles. The van der Waals surface area contributed by atoms with E-state index < -0.39 is 0 Å². The number of benzene rings is 1. The van der Waals surface area contributed by atoms with Crippen LogP contribution in [0.15, 0.2) is 29.1 Å². The molecule has 3 aromatic rings. The lowest BCUT2D eigenvalue weighted by Crippen LogP contribution is -2.04. The van der Waals surface area contributed by atoms with E-state index in [1.807, 2.05) is 18.2 Å². The van der Waals surface area contributed by atoms with Crippen molar-refractivity contribution in [2.45, 2.75) is 25.3 Å². The van der Waals surface area contributed by atoms with Crippen molar-refractivity contribution in [2.75, 3.05) is 5.32 Å². The van der Waals surface area contributed by atoms with E-state index in [0.717, 1.165) is 41.1 Å². The molecule has 112 valence electrons. The van der Waals surface area contributed by atoms with E-state index in [4.69, 9.17) is 11.6 Å². The van der Waals surface area contributed by atoms with Crippen LogP contribution in [0, 0.1) is 0 Å². The number of nitrogens with zero attached hydrogens (tertiary/aromatic N) is 2. The highest BCUT2D eigenvalue weighted by molar-refractivity contribution is 6.29. The molecule has 1 aromatic carbocycles. The molecule has 0 atom stereocenters. The van der Waals surface area contributed by atoms with Gasteiger partial charge in [-0.2, -0.15) is 0 Å². The fourth-order valence-corrected chi connectivity index (χ4v) is 2.62. The number of anilines is 1. The summed E-state index contributed by atoms with van der Waals surface area (Å²) in [6.45, 7) is 0.598. The Labute approximate surface area is 131 Å². The third-order valence-electron chi connectivity index (χ3n) is 3.71. The maximum Gasteiger partial charge on any atom is 0.323 e. The van der Waals surface area contributed by atoms with Gasteiger partial charge >= 0.3 is 5.69 Å². The maximum atomic E-state index is 11.3. The average Bonchev–Trinajstić information content (AvgIpc) is 3.26. The number of nitrogens with one attached hydrogen (secondary N) is 3. The Hall–Kier alpha value is -2.34. The van der Waals surface area contributed by atoms with Crippen molar-refractivity contribution in [1.29, 1.82) is 0 Å². The smallest absolute Gasteiger partial charge is 0.323 e. The third-order valence-corrected chi connectivity index (χ3v) is 3.90. The second-order valence-corrected chi connectivity index (χ2v) is 5.91. The number of hydrogen-bond acceptors (Lipinski definition) is 4. The van der Waals surface area contributed by atoms with Crippen LogP contribution in [-0.2, 0) is 6.54 Å². The number of imidazole rings is 1. The van der Waals surface area contributed by atoms with Crippen LogP contribution >= 0.6 is 11.6 Å². The van der Waals surface area contributed by atoms with E-state index in [0.29, 0.717) is 17.6 Å². The maximum absolute atomic E-state index is 11.3. The highest BCUT2D eigenvalue weighted by atomic mass is 35.5. The van der Waals surface area contributed by atoms with Crippen LogP contribution in [-0.4, -0.2) is 19.9 Å². The van der Waals surface area contributed by atoms with Gasteiger partial charge in [0.25, 0.3) is 0 Å². The van der Waals surface area contributed by atoms with E-state index in [2.05, 4.69) is 25.3 Å². The first kappa shape index (κ1) is 13.3. The Morgan fingerprint density at radius 1 is 1.18 bits per heavy atom. The predicted molar refractivity (Wildman–Crippen MR) is 85.3 cm³/mol. The fraction of sp³-hybridized carbons (Fsp3) is 0.267. The Morgan fingerprint density at radius 2 is 2.00 bits per heavy atom. The SMILES string of the molecule is O=c1[nH]c2ccc(CNc3cc(Cl)nc(C4CC4)n3)cc2[nH]1. The normalized spacial score (nSPS) is 14.4. The first-order chi connectivity index (χ1) is 10.7. The molecule has 2 aromatic heterocycles. The van der Waals surface area contributed by atoms with Gasteiger partial charge in [-0.05, 0) is 30.5 Å². The van der Waals surface area contributed by atoms with Gasteiger partial charge in [-0.25, -0.2) is 14.8 Å². The lowest BCUT2D eigenvalue weighted by Gasteiger charge is -2.08. The Balaban J connectivity index is 1.54. The quantitative estimate of drug-likeness (QED) is 0.646. The fourth-order valence-electron chi connectivity index (χ4n) is 2.43. The summed E-state index contributed by atoms with van der Waals surface area (Å²) >= 11 is 6.05. The Bertz CT molecular complexity index is 896. The molecule has 1 saturated carbocycles. The summed E-state index contributed by atoms with van der Waals surface area (Å²) in [6, 6.07) is 7.51. The van der Waals surface area contributed by atoms with Gasteiger partial charge in [0, 0.05) is 18.5 Å². The highest BCUT2D eigenvalue weighted by Crippen LogP contribution is 2.38. The van der Waals surface area contributed by atoms with Gasteiger partial charge in [-0.1, -0.05) is 17.7 Å². The largest absolute Gasteiger partial charge is 0.366 e. The molecular formula is C15H14ClN5O. The number of aromatic nitrogens is 4. The molecule has 0 radical (unpaired) electrons. The summed E-state index contributed by atoms with van der Waals surface area (Å²) in [5.74, 6) is 2.01. The molecular weight excluding hydrogens is 302 g/mol. The second-order valence-electron chi connectivity index (χ2n) is 5.52. The molecule has 0 bridgehead atoms. The molecule has 0 spiro atoms. The average molecular weight is 316 g/mol. The molecule has 6 nitrogen and oxygen atoms in total. The van der Waals surface area contributed by atoms with Crippen LogP contribution in [0.3, 0.4) is 0 Å². The zero-order valence-electron chi connectivity index (χ0n) is 11.7. The summed E-state index contributed by atoms with van der Waals surface area (Å²) < 4.78 is 0. The summed E-state index contributed by atoms with van der Waals surface area (Å²) in [4.78, 5) is 25.5. The van der Waals surface area contributed by atoms with Crippen molar-refractivity contribution < 1.29 is 0 Å². The lowest BCUT2D eigenvalue weighted by molar-refractivity contribution is 0.921. The summed E-state index contributed by atoms with van der Waals surface area (Å²) in [5, 5.41) is 3.72. The number of rotatable bonds is 4. The predicted octanol–water partition coefficient (Wildman–Crippen LogP) is 2.79. The molecule has 1 aliphatic rings. The van der Waals surface area contributed by atoms with Crippen molar-refractivity contribution in [3.63, 3.8) is 0 Å². The van der Waals surface area contributed by atoms with Crippen molar-refractivity contribution in [3.8, 4) is 0 Å². The molecule has 7 heteroatoms. The van der Waals surface area contributed by atoms with Crippen LogP contribution in [0.25, 0.3) is 11.0 Å². The lowest BCUT2D eigenvalue weighted by atomic mass is 10.2. The van der Waals surface area contributed by atoms with E-state index >= 15 is 0 Å². The zero-order valence-corrected chi connectivity index (χ0v) is 12.4. The van der Waals surface area contributed by atoms with Crippen LogP contribution in [0.1, 0.15) is 30.1 Å². The van der Waals surface area contributed by atoms with Gasteiger partial charge in [0.05, 0.1) is 11.0 Å². The molecule has 0 unspecified atom stereocenters. The van der Waals surface area contributed by atoms with Crippen molar-refractivity contribution >= 4 is 28.5 Å². The number of fused-ring (bicyclic) bond motifs is 1. The van der Waals surface area contributed by atoms with Crippen molar-refractivity contribution in [2.24, 2.45) is 0 Å². The molecule has 4 rings (SSSR count). The van der Waals surface area contributed by atoms with Crippen LogP contribution in [0.2, 0.25) is 5.15 Å². The van der Waals surface area contributed by atoms with E-state index in [1.165, 1.54) is 0 Å². The Kier molecular flexibility index (Phi) is 3.11. The first-order valence-electron chi connectivity index (χ1n) is 7.17. The van der Waals surface area contributed by atoms with Crippen LogP contribution < -0.4 is 11.0 Å². The Morgan fingerprint density at radius 3 is 2.82 bits per heavy atom. The summed E-state index contributed by atoms with van der Waals surface area (Å²) in [5.41, 5.74) is 2.45. The van der Waals surface area contributed by atoms with Gasteiger partial charge in [0.1, 0.15) is 16.8 Å². The van der Waals surface area contributed by atoms with Crippen molar-refractivity contribution in [1.82, 2.24) is 19.9 Å². The van der Waals surface area contributed by atoms with Gasteiger partial charge in [-0.15, -0.1) is 0 Å². The second kappa shape index (κ2) is 5.14. The molecule has 0 saturated heterocycles. The van der Waals surface area contributed by atoms with Crippen LogP contribution in [0.4, 0.5) is 5.82 Å². The standard InChI is InChI=1S/C15H14ClN5O/c16-12-6-13(21-14(20-12)9-2-3-9)17-7-8-1-4-10-11(5-8)19-15(22)18-10/h1,4-6,9H,2-3,7H2,(H,17,20,21)(H2,18,19,22). The monoisotopic (exact) mass is 315 g/mol. The van der Waals surface area contributed by atoms with E-state index in [9.17, 15) is 4.79 Å². The van der Waals surface area contributed by atoms with E-state index in [1.54, 1.807) is 6.07 Å². The molecule has 1 aliphatic carbocycles. The van der Waals surface area contributed by atoms with Crippen molar-refractivity contribution in [3.05, 3.63) is 51.3 Å². The van der Waals surface area contributed by atoms with Gasteiger partial charge in [0.15, 0.2) is 0 Å². The molecule has 0 amide bonds. The van der Waals surface area contributed by atoms with E-state index in [-0.39, 0.29) is 5.69 Å². The van der Waals surface area contributed by atoms with Gasteiger partial charge in [0.2, 0.25) is 0 Å². The number of hydrogen-bond donors (Lipinski definition) is 3. The highest BCUT2D eigenvalue weighted by Gasteiger charge is 2.27. The number of aromatic amines is 2. The molecule has 22 heavy (non-hydrogen) atoms. The van der Waals surface area contributed by atoms with Crippen LogP contribution in [0.5, 0.6) is 0 Å². The topological polar surface area (TPSA) is 86.5 Å². The first-order valence-corrected chi connectivity index (χ1v) is 7.54. The summed E-state index contributed by atoms with van der Waals surface area (Å²) in [6.07, 6.45) is 2.27. The number of H-pyrrole nitrogens is 2. The van der Waals surface area contributed by atoms with Gasteiger partial charge < -0.3 is 15.3 Å². The zero-order chi connectivity index (χ0) is 15.1. The minimum atomic E-state index is -0.197. The van der Waals surface area contributed by atoms with Gasteiger partial charge in [-0.3, -0.25) is 0 Å². The minimum absolute atomic E-state index is 0.197. The summed E-state index contributed by atoms with van der Waals surface area (Å²) in [7, 11) is 0. The molecule has 0 aliphatic heterocycles. The minimum Gasteiger partial charge on any atom is -0.366 e. The molecule has 1 fully saturated rings. The third kappa shape index (κ3) is 2.69. The molecule has 3 N–H and O–H groups in total.